The van der Waals surface area contributed by atoms with E-state index >= 15 is 0 Å². The molecule has 0 spiro atoms. The Morgan fingerprint density at radius 2 is 1.63 bits per heavy atom. The molecule has 2 amide bonds. The minimum absolute atomic E-state index is 0.155. The Hall–Kier alpha value is -2.24. The predicted octanol–water partition coefficient (Wildman–Crippen LogP) is 3.47. The number of hydrogen-bond acceptors (Lipinski definition) is 3. The molecule has 142 valence electrons. The van der Waals surface area contributed by atoms with Crippen molar-refractivity contribution in [3.63, 3.8) is 0 Å². The molecule has 0 unspecified atom stereocenters. The molecule has 2 aromatic carbocycles. The lowest BCUT2D eigenvalue weighted by Gasteiger charge is -2.36. The van der Waals surface area contributed by atoms with Crippen molar-refractivity contribution in [1.29, 1.82) is 0 Å². The van der Waals surface area contributed by atoms with Crippen LogP contribution in [0.2, 0.25) is 5.02 Å². The van der Waals surface area contributed by atoms with Crippen LogP contribution in [0.15, 0.2) is 48.5 Å². The maximum atomic E-state index is 12.8. The molecule has 2 aliphatic rings. The fraction of sp³-hybridized carbons (Fsp3) is 0.381. The maximum absolute atomic E-state index is 12.8. The van der Waals surface area contributed by atoms with E-state index in [1.807, 2.05) is 46.2 Å². The van der Waals surface area contributed by atoms with E-state index in [1.165, 1.54) is 5.56 Å². The van der Waals surface area contributed by atoms with Gasteiger partial charge in [-0.2, -0.15) is 0 Å². The molecular formula is C21H24ClN3O2. The molecule has 2 saturated heterocycles. The Morgan fingerprint density at radius 1 is 0.963 bits per heavy atom. The van der Waals surface area contributed by atoms with Crippen molar-refractivity contribution < 1.29 is 9.53 Å². The number of amides is 2. The molecule has 2 aliphatic heterocycles. The summed E-state index contributed by atoms with van der Waals surface area (Å²) in [7, 11) is 1.66. The van der Waals surface area contributed by atoms with Crippen LogP contribution in [0, 0.1) is 0 Å². The highest BCUT2D eigenvalue weighted by Gasteiger charge is 2.40. The van der Waals surface area contributed by atoms with Gasteiger partial charge in [0.15, 0.2) is 0 Å². The molecule has 0 aliphatic carbocycles. The molecule has 2 fully saturated rings. The second-order valence-corrected chi connectivity index (χ2v) is 7.66. The molecule has 2 aromatic rings. The van der Waals surface area contributed by atoms with Crippen molar-refractivity contribution in [2.24, 2.45) is 0 Å². The van der Waals surface area contributed by atoms with Crippen molar-refractivity contribution in [1.82, 2.24) is 14.7 Å². The van der Waals surface area contributed by atoms with Crippen LogP contribution in [-0.4, -0.2) is 60.1 Å². The average Bonchev–Trinajstić information content (AvgIpc) is 2.99. The first-order chi connectivity index (χ1) is 13.1. The average molecular weight is 386 g/mol. The third-order valence-corrected chi connectivity index (χ3v) is 5.62. The third-order valence-electron chi connectivity index (χ3n) is 5.37. The third kappa shape index (κ3) is 4.04. The zero-order valence-electron chi connectivity index (χ0n) is 15.5. The van der Waals surface area contributed by atoms with Crippen LogP contribution in [0.4, 0.5) is 4.79 Å². The number of methoxy groups -OCH3 is 1. The summed E-state index contributed by atoms with van der Waals surface area (Å²) in [4.78, 5) is 19.2. The van der Waals surface area contributed by atoms with Crippen molar-refractivity contribution in [3.05, 3.63) is 64.7 Å². The number of nitrogens with zero attached hydrogens (tertiary/aromatic N) is 3. The van der Waals surface area contributed by atoms with Gasteiger partial charge in [-0.15, -0.1) is 0 Å². The van der Waals surface area contributed by atoms with Crippen LogP contribution in [0.25, 0.3) is 0 Å². The maximum Gasteiger partial charge on any atom is 0.320 e. The quantitative estimate of drug-likeness (QED) is 0.790. The molecule has 0 bridgehead atoms. The van der Waals surface area contributed by atoms with E-state index in [4.69, 9.17) is 16.3 Å². The van der Waals surface area contributed by atoms with Gasteiger partial charge in [0.05, 0.1) is 13.2 Å². The molecular weight excluding hydrogens is 362 g/mol. The first-order valence-corrected chi connectivity index (χ1v) is 9.65. The summed E-state index contributed by atoms with van der Waals surface area (Å²) in [6.45, 7) is 4.92. The Balaban J connectivity index is 1.37. The molecule has 4 rings (SSSR count). The van der Waals surface area contributed by atoms with Gasteiger partial charge in [-0.3, -0.25) is 4.90 Å². The van der Waals surface area contributed by atoms with Gasteiger partial charge in [0.1, 0.15) is 5.75 Å². The van der Waals surface area contributed by atoms with Crippen LogP contribution in [0.1, 0.15) is 11.1 Å². The lowest BCUT2D eigenvalue weighted by molar-refractivity contribution is 0.116. The van der Waals surface area contributed by atoms with Crippen LogP contribution >= 0.6 is 11.6 Å². The number of rotatable bonds is 5. The lowest BCUT2D eigenvalue weighted by atomic mass is 10.1. The fourth-order valence-corrected chi connectivity index (χ4v) is 4.04. The summed E-state index contributed by atoms with van der Waals surface area (Å²) in [6.07, 6.45) is 0. The zero-order chi connectivity index (χ0) is 18.8. The number of urea groups is 1. The standard InChI is InChI=1S/C21H24ClN3O2/c1-27-20-8-4-17(5-9-20)13-24-15-19-14-23(10-11-25(19)21(24)26)12-16-2-6-18(22)7-3-16/h2-9,19H,10-15H2,1H3/t19-/m1/s1. The van der Waals surface area contributed by atoms with Gasteiger partial charge in [-0.1, -0.05) is 35.9 Å². The molecule has 1 atom stereocenters. The van der Waals surface area contributed by atoms with E-state index < -0.39 is 0 Å². The first-order valence-electron chi connectivity index (χ1n) is 9.27. The second kappa shape index (κ2) is 7.79. The van der Waals surface area contributed by atoms with Crippen LogP contribution in [-0.2, 0) is 13.1 Å². The van der Waals surface area contributed by atoms with E-state index in [9.17, 15) is 4.79 Å². The van der Waals surface area contributed by atoms with Gasteiger partial charge < -0.3 is 14.5 Å². The van der Waals surface area contributed by atoms with Gasteiger partial charge in [0.25, 0.3) is 0 Å². The summed E-state index contributed by atoms with van der Waals surface area (Å²) in [6, 6.07) is 16.4. The van der Waals surface area contributed by atoms with E-state index in [0.717, 1.165) is 49.1 Å². The number of piperazine rings is 1. The van der Waals surface area contributed by atoms with Crippen LogP contribution in [0.5, 0.6) is 5.75 Å². The largest absolute Gasteiger partial charge is 0.497 e. The molecule has 27 heavy (non-hydrogen) atoms. The number of carbonyl (C=O) groups is 1. The van der Waals surface area contributed by atoms with E-state index in [0.29, 0.717) is 6.54 Å². The monoisotopic (exact) mass is 385 g/mol. The highest BCUT2D eigenvalue weighted by molar-refractivity contribution is 6.30. The van der Waals surface area contributed by atoms with Gasteiger partial charge >= 0.3 is 6.03 Å². The highest BCUT2D eigenvalue weighted by atomic mass is 35.5. The van der Waals surface area contributed by atoms with Gasteiger partial charge in [0, 0.05) is 44.3 Å². The normalized spacial score (nSPS) is 20.1. The van der Waals surface area contributed by atoms with Gasteiger partial charge in [0.2, 0.25) is 0 Å². The van der Waals surface area contributed by atoms with E-state index in [1.54, 1.807) is 7.11 Å². The van der Waals surface area contributed by atoms with E-state index in [2.05, 4.69) is 17.0 Å². The highest BCUT2D eigenvalue weighted by Crippen LogP contribution is 2.24. The van der Waals surface area contributed by atoms with E-state index in [-0.39, 0.29) is 12.1 Å². The predicted molar refractivity (Wildman–Crippen MR) is 106 cm³/mol. The summed E-state index contributed by atoms with van der Waals surface area (Å²) < 4.78 is 5.20. The number of hydrogen-bond donors (Lipinski definition) is 0. The van der Waals surface area contributed by atoms with Gasteiger partial charge in [-0.05, 0) is 35.4 Å². The first kappa shape index (κ1) is 18.1. The molecule has 0 radical (unpaired) electrons. The minimum Gasteiger partial charge on any atom is -0.497 e. The van der Waals surface area contributed by atoms with Crippen molar-refractivity contribution >= 4 is 17.6 Å². The Bertz CT molecular complexity index is 794. The molecule has 2 heterocycles. The Labute approximate surface area is 165 Å². The number of benzene rings is 2. The zero-order valence-corrected chi connectivity index (χ0v) is 16.2. The summed E-state index contributed by atoms with van der Waals surface area (Å²) in [5, 5.41) is 0.763. The Morgan fingerprint density at radius 3 is 2.33 bits per heavy atom. The van der Waals surface area contributed by atoms with Crippen LogP contribution < -0.4 is 4.74 Å². The SMILES string of the molecule is COc1ccc(CN2C[C@H]3CN(Cc4ccc(Cl)cc4)CCN3C2=O)cc1. The minimum atomic E-state index is 0.155. The lowest BCUT2D eigenvalue weighted by Crippen LogP contribution is -2.51. The van der Waals surface area contributed by atoms with Crippen molar-refractivity contribution in [2.45, 2.75) is 19.1 Å². The number of ether oxygens (including phenoxy) is 1. The fourth-order valence-electron chi connectivity index (χ4n) is 3.92. The molecule has 5 nitrogen and oxygen atoms in total. The molecule has 0 aromatic heterocycles. The van der Waals surface area contributed by atoms with Crippen molar-refractivity contribution in [3.8, 4) is 5.75 Å². The smallest absolute Gasteiger partial charge is 0.320 e. The number of halogens is 1. The molecule has 6 heteroatoms. The Kier molecular flexibility index (Phi) is 5.23. The molecule has 0 saturated carbocycles. The van der Waals surface area contributed by atoms with Gasteiger partial charge in [-0.25, -0.2) is 4.79 Å². The van der Waals surface area contributed by atoms with Crippen molar-refractivity contribution in [2.75, 3.05) is 33.3 Å². The number of carbonyl (C=O) groups excluding carboxylic acids is 1. The van der Waals surface area contributed by atoms with Crippen LogP contribution in [0.3, 0.4) is 0 Å². The second-order valence-electron chi connectivity index (χ2n) is 7.22. The number of fused-ring (bicyclic) bond motifs is 1. The molecule has 0 N–H and O–H groups in total. The topological polar surface area (TPSA) is 36.0 Å². The summed E-state index contributed by atoms with van der Waals surface area (Å²) >= 11 is 5.97. The summed E-state index contributed by atoms with van der Waals surface area (Å²) in [5.74, 6) is 0.835. The summed E-state index contributed by atoms with van der Waals surface area (Å²) in [5.41, 5.74) is 2.38.